The zero-order chi connectivity index (χ0) is 13.8. The molecular formula is C5H12NO10P. The molecule has 4 atom stereocenters. The van der Waals surface area contributed by atoms with Gasteiger partial charge in [-0.3, -0.25) is 14.5 Å². The van der Waals surface area contributed by atoms with Crippen molar-refractivity contribution in [2.24, 2.45) is 0 Å². The highest BCUT2D eigenvalue weighted by molar-refractivity contribution is 7.46. The number of nitrogens with one attached hydrogen (secondary N) is 1. The molecule has 0 heterocycles. The van der Waals surface area contributed by atoms with Crippen molar-refractivity contribution in [1.82, 2.24) is 5.48 Å². The fourth-order valence-corrected chi connectivity index (χ4v) is 1.19. The van der Waals surface area contributed by atoms with Crippen molar-refractivity contribution >= 4 is 13.7 Å². The minimum atomic E-state index is -5.13. The molecule has 102 valence electrons. The van der Waals surface area contributed by atoms with Gasteiger partial charge in [0.1, 0.15) is 12.2 Å². The summed E-state index contributed by atoms with van der Waals surface area (Å²) < 4.78 is 13.9. The van der Waals surface area contributed by atoms with E-state index in [2.05, 4.69) is 4.52 Å². The van der Waals surface area contributed by atoms with E-state index in [1.165, 1.54) is 0 Å². The molecule has 0 aliphatic carbocycles. The molecule has 0 aliphatic heterocycles. The first-order valence-electron chi connectivity index (χ1n) is 4.00. The number of aliphatic hydroxyl groups is 4. The van der Waals surface area contributed by atoms with Gasteiger partial charge in [-0.25, -0.2) is 10.0 Å². The van der Waals surface area contributed by atoms with Crippen molar-refractivity contribution in [1.29, 1.82) is 0 Å². The summed E-state index contributed by atoms with van der Waals surface area (Å²) in [5.41, 5.74) is 0.952. The van der Waals surface area contributed by atoms with Crippen LogP contribution >= 0.6 is 7.82 Å². The average Bonchev–Trinajstić information content (AvgIpc) is 2.22. The maximum Gasteiger partial charge on any atom is 0.472 e. The van der Waals surface area contributed by atoms with Crippen LogP contribution in [0.4, 0.5) is 0 Å². The van der Waals surface area contributed by atoms with Gasteiger partial charge in [0.25, 0.3) is 5.91 Å². The van der Waals surface area contributed by atoms with E-state index < -0.39 is 38.3 Å². The second-order valence-electron chi connectivity index (χ2n) is 2.89. The molecule has 12 heteroatoms. The van der Waals surface area contributed by atoms with Crippen LogP contribution in [0.1, 0.15) is 0 Å². The van der Waals surface area contributed by atoms with Gasteiger partial charge in [0.2, 0.25) is 0 Å². The lowest BCUT2D eigenvalue weighted by Gasteiger charge is -2.25. The maximum atomic E-state index is 10.6. The Kier molecular flexibility index (Phi) is 6.12. The van der Waals surface area contributed by atoms with Crippen LogP contribution in [-0.2, 0) is 13.9 Å². The fraction of sp³-hybridized carbons (Fsp3) is 0.800. The van der Waals surface area contributed by atoms with Crippen LogP contribution in [-0.4, -0.2) is 65.9 Å². The summed E-state index contributed by atoms with van der Waals surface area (Å²) in [5.74, 6) is -1.50. The zero-order valence-electron chi connectivity index (χ0n) is 8.11. The van der Waals surface area contributed by atoms with Gasteiger partial charge in [-0.1, -0.05) is 0 Å². The third-order valence-corrected chi connectivity index (χ3v) is 2.08. The Bertz CT molecular complexity index is 303. The highest BCUT2D eigenvalue weighted by Gasteiger charge is 2.37. The summed E-state index contributed by atoms with van der Waals surface area (Å²) in [5, 5.41) is 44.1. The van der Waals surface area contributed by atoms with E-state index in [1.807, 2.05) is 0 Å². The average molecular weight is 277 g/mol. The van der Waals surface area contributed by atoms with Crippen LogP contribution in [0.3, 0.4) is 0 Å². The Hall–Kier alpha value is -0.620. The van der Waals surface area contributed by atoms with Crippen LogP contribution < -0.4 is 5.48 Å². The van der Waals surface area contributed by atoms with Crippen molar-refractivity contribution in [2.75, 3.05) is 0 Å². The van der Waals surface area contributed by atoms with Crippen LogP contribution in [0.15, 0.2) is 0 Å². The standard InChI is InChI=1S/C5H12NO10P/c7-1(2(8)4(10)6-12)3(9)5(11)16-17(13,14)15/h1-3,5,7-9,11-12H,(H,6,10)(H2,13,14,15)/t1?,2?,3-,5?/m0/s1. The Morgan fingerprint density at radius 2 is 1.59 bits per heavy atom. The number of carbonyl (C=O) groups is 1. The van der Waals surface area contributed by atoms with Crippen molar-refractivity contribution in [2.45, 2.75) is 24.6 Å². The summed E-state index contributed by atoms with van der Waals surface area (Å²) >= 11 is 0. The van der Waals surface area contributed by atoms with Gasteiger partial charge in [-0.2, -0.15) is 0 Å². The lowest BCUT2D eigenvalue weighted by molar-refractivity contribution is -0.178. The summed E-state index contributed by atoms with van der Waals surface area (Å²) in [6, 6.07) is 0. The minimum Gasteiger partial charge on any atom is -0.387 e. The van der Waals surface area contributed by atoms with Crippen molar-refractivity contribution in [3.05, 3.63) is 0 Å². The number of hydrogen-bond donors (Lipinski definition) is 8. The lowest BCUT2D eigenvalue weighted by atomic mass is 10.1. The second kappa shape index (κ2) is 6.35. The fourth-order valence-electron chi connectivity index (χ4n) is 0.780. The second-order valence-corrected chi connectivity index (χ2v) is 4.08. The first kappa shape index (κ1) is 16.4. The Morgan fingerprint density at radius 3 is 1.94 bits per heavy atom. The van der Waals surface area contributed by atoms with Gasteiger partial charge in [0, 0.05) is 0 Å². The Balaban J connectivity index is 4.53. The molecule has 0 aromatic carbocycles. The molecule has 1 amide bonds. The zero-order valence-corrected chi connectivity index (χ0v) is 9.01. The molecular weight excluding hydrogens is 265 g/mol. The molecule has 11 nitrogen and oxygen atoms in total. The molecule has 0 radical (unpaired) electrons. The number of hydrogen-bond acceptors (Lipinski definition) is 8. The van der Waals surface area contributed by atoms with E-state index in [-0.39, 0.29) is 0 Å². The largest absolute Gasteiger partial charge is 0.472 e. The number of aliphatic hydroxyl groups excluding tert-OH is 4. The van der Waals surface area contributed by atoms with Gasteiger partial charge in [-0.05, 0) is 0 Å². The summed E-state index contributed by atoms with van der Waals surface area (Å²) in [6.45, 7) is 0. The van der Waals surface area contributed by atoms with Gasteiger partial charge in [0.05, 0.1) is 0 Å². The molecule has 0 spiro atoms. The molecule has 3 unspecified atom stereocenters. The van der Waals surface area contributed by atoms with Gasteiger partial charge in [-0.15, -0.1) is 0 Å². The van der Waals surface area contributed by atoms with Crippen molar-refractivity contribution < 1.29 is 49.3 Å². The number of carbonyl (C=O) groups excluding carboxylic acids is 1. The van der Waals surface area contributed by atoms with Crippen LogP contribution in [0.25, 0.3) is 0 Å². The predicted molar refractivity (Wildman–Crippen MR) is 47.1 cm³/mol. The first-order valence-corrected chi connectivity index (χ1v) is 5.53. The Labute approximate surface area is 94.1 Å². The highest BCUT2D eigenvalue weighted by Crippen LogP contribution is 2.37. The third-order valence-electron chi connectivity index (χ3n) is 1.59. The van der Waals surface area contributed by atoms with E-state index >= 15 is 0 Å². The van der Waals surface area contributed by atoms with Crippen LogP contribution in [0.5, 0.6) is 0 Å². The lowest BCUT2D eigenvalue weighted by Crippen LogP contribution is -2.50. The molecule has 17 heavy (non-hydrogen) atoms. The number of phosphoric acid groups is 1. The van der Waals surface area contributed by atoms with E-state index in [0.717, 1.165) is 5.48 Å². The molecule has 0 fully saturated rings. The number of rotatable bonds is 6. The molecule has 8 N–H and O–H groups in total. The van der Waals surface area contributed by atoms with Crippen LogP contribution in [0, 0.1) is 0 Å². The van der Waals surface area contributed by atoms with Crippen molar-refractivity contribution in [3.8, 4) is 0 Å². The highest BCUT2D eigenvalue weighted by atomic mass is 31.2. The third kappa shape index (κ3) is 5.50. The SMILES string of the molecule is O=C(NO)C(O)C(O)[C@H](O)C(O)OP(=O)(O)O. The maximum absolute atomic E-state index is 10.6. The quantitative estimate of drug-likeness (QED) is 0.102. The minimum absolute atomic E-state index is 0.952. The molecule has 0 rings (SSSR count). The van der Waals surface area contributed by atoms with Gasteiger partial charge >= 0.3 is 7.82 Å². The van der Waals surface area contributed by atoms with E-state index in [4.69, 9.17) is 35.4 Å². The molecule has 0 aromatic heterocycles. The first-order chi connectivity index (χ1) is 7.60. The molecule has 0 saturated carbocycles. The summed E-state index contributed by atoms with van der Waals surface area (Å²) in [6.07, 6.45) is -9.63. The molecule has 0 aliphatic rings. The van der Waals surface area contributed by atoms with E-state index in [0.29, 0.717) is 0 Å². The summed E-state index contributed by atoms with van der Waals surface area (Å²) in [4.78, 5) is 27.1. The predicted octanol–water partition coefficient (Wildman–Crippen LogP) is -4.00. The number of phosphoric ester groups is 1. The number of amides is 1. The molecule has 0 bridgehead atoms. The summed E-state index contributed by atoms with van der Waals surface area (Å²) in [7, 11) is -5.13. The molecule has 0 saturated heterocycles. The Morgan fingerprint density at radius 1 is 1.12 bits per heavy atom. The van der Waals surface area contributed by atoms with Gasteiger partial charge in [0.15, 0.2) is 12.4 Å². The number of hydroxylamine groups is 1. The van der Waals surface area contributed by atoms with E-state index in [1.54, 1.807) is 0 Å². The smallest absolute Gasteiger partial charge is 0.387 e. The monoisotopic (exact) mass is 277 g/mol. The normalized spacial score (nSPS) is 19.2. The topological polar surface area (TPSA) is 197 Å². The van der Waals surface area contributed by atoms with Gasteiger partial charge < -0.3 is 30.2 Å². The van der Waals surface area contributed by atoms with E-state index in [9.17, 15) is 9.36 Å². The molecule has 0 aromatic rings. The van der Waals surface area contributed by atoms with Crippen LogP contribution in [0.2, 0.25) is 0 Å². The van der Waals surface area contributed by atoms with Crippen molar-refractivity contribution in [3.63, 3.8) is 0 Å².